The lowest BCUT2D eigenvalue weighted by molar-refractivity contribution is 0.105. The third-order valence-corrected chi connectivity index (χ3v) is 4.05. The molecule has 3 nitrogen and oxygen atoms in total. The maximum Gasteiger partial charge on any atom is 0.410 e. The molecule has 1 amide bonds. The highest BCUT2D eigenvalue weighted by atomic mass is 28.3. The average molecular weight is 265 g/mol. The van der Waals surface area contributed by atoms with E-state index in [1.54, 1.807) is 4.90 Å². The zero-order chi connectivity index (χ0) is 14.0. The Balaban J connectivity index is 2.90. The Labute approximate surface area is 111 Å². The lowest BCUT2D eigenvalue weighted by atomic mass is 9.95. The summed E-state index contributed by atoms with van der Waals surface area (Å²) in [6.45, 7) is 11.5. The average Bonchev–Trinajstić information content (AvgIpc) is 2.52. The van der Waals surface area contributed by atoms with Gasteiger partial charge in [-0.2, -0.15) is 0 Å². The molecule has 100 valence electrons. The van der Waals surface area contributed by atoms with Crippen molar-refractivity contribution in [2.24, 2.45) is 0 Å². The summed E-state index contributed by atoms with van der Waals surface area (Å²) in [5, 5.41) is 0. The van der Waals surface area contributed by atoms with Crippen LogP contribution in [0.15, 0.2) is 11.6 Å². The maximum atomic E-state index is 11.7. The monoisotopic (exact) mass is 265 g/mol. The van der Waals surface area contributed by atoms with Crippen molar-refractivity contribution in [3.8, 4) is 11.5 Å². The highest BCUT2D eigenvalue weighted by molar-refractivity contribution is 6.83. The molecule has 0 spiro atoms. The first-order valence-corrected chi connectivity index (χ1v) is 9.76. The first-order chi connectivity index (χ1) is 8.18. The summed E-state index contributed by atoms with van der Waals surface area (Å²) in [6, 6.07) is 0. The molecular formula is C14H23NO2Si. The van der Waals surface area contributed by atoms with Gasteiger partial charge < -0.3 is 4.74 Å². The number of amides is 1. The SMILES string of the molecule is COC(=O)N1CC/C(=C\C#C[Si](C)(C)C)C1(C)C. The van der Waals surface area contributed by atoms with Gasteiger partial charge in [0, 0.05) is 6.54 Å². The van der Waals surface area contributed by atoms with Gasteiger partial charge in [0.05, 0.1) is 12.6 Å². The molecule has 1 fully saturated rings. The fraction of sp³-hybridized carbons (Fsp3) is 0.643. The first kappa shape index (κ1) is 14.8. The van der Waals surface area contributed by atoms with Crippen molar-refractivity contribution >= 4 is 14.2 Å². The van der Waals surface area contributed by atoms with Gasteiger partial charge in [0.1, 0.15) is 8.07 Å². The lowest BCUT2D eigenvalue weighted by Crippen LogP contribution is -2.43. The Morgan fingerprint density at radius 1 is 1.44 bits per heavy atom. The molecule has 0 aromatic rings. The Morgan fingerprint density at radius 3 is 2.56 bits per heavy atom. The number of methoxy groups -OCH3 is 1. The van der Waals surface area contributed by atoms with Crippen LogP contribution in [-0.4, -0.2) is 38.3 Å². The normalized spacial score (nSPS) is 20.6. The molecule has 0 atom stereocenters. The number of ether oxygens (including phenoxy) is 1. The topological polar surface area (TPSA) is 29.5 Å². The van der Waals surface area contributed by atoms with Gasteiger partial charge in [0.2, 0.25) is 0 Å². The highest BCUT2D eigenvalue weighted by Gasteiger charge is 2.40. The molecule has 0 aromatic carbocycles. The van der Waals surface area contributed by atoms with Gasteiger partial charge in [-0.15, -0.1) is 5.54 Å². The Kier molecular flexibility index (Phi) is 4.28. The van der Waals surface area contributed by atoms with Crippen LogP contribution < -0.4 is 0 Å². The van der Waals surface area contributed by atoms with E-state index < -0.39 is 8.07 Å². The molecule has 1 heterocycles. The zero-order valence-corrected chi connectivity index (χ0v) is 13.3. The van der Waals surface area contributed by atoms with E-state index >= 15 is 0 Å². The molecule has 1 rings (SSSR count). The van der Waals surface area contributed by atoms with E-state index in [4.69, 9.17) is 4.74 Å². The van der Waals surface area contributed by atoms with Gasteiger partial charge >= 0.3 is 6.09 Å². The number of carbonyl (C=O) groups is 1. The van der Waals surface area contributed by atoms with Crippen LogP contribution in [0, 0.1) is 11.5 Å². The summed E-state index contributed by atoms with van der Waals surface area (Å²) < 4.78 is 4.81. The van der Waals surface area contributed by atoms with Crippen molar-refractivity contribution in [3.05, 3.63) is 11.6 Å². The Bertz CT molecular complexity index is 421. The van der Waals surface area contributed by atoms with Crippen LogP contribution in [0.3, 0.4) is 0 Å². The number of hydrogen-bond acceptors (Lipinski definition) is 2. The fourth-order valence-corrected chi connectivity index (χ4v) is 2.51. The third kappa shape index (κ3) is 3.39. The van der Waals surface area contributed by atoms with E-state index in [1.807, 2.05) is 19.9 Å². The number of likely N-dealkylation sites (tertiary alicyclic amines) is 1. The summed E-state index contributed by atoms with van der Waals surface area (Å²) in [5.74, 6) is 3.17. The minimum Gasteiger partial charge on any atom is -0.453 e. The number of nitrogens with zero attached hydrogens (tertiary/aromatic N) is 1. The molecule has 0 N–H and O–H groups in total. The quantitative estimate of drug-likeness (QED) is 0.498. The zero-order valence-electron chi connectivity index (χ0n) is 12.3. The van der Waals surface area contributed by atoms with Crippen LogP contribution in [0.2, 0.25) is 19.6 Å². The molecule has 0 radical (unpaired) electrons. The van der Waals surface area contributed by atoms with Crippen molar-refractivity contribution in [3.63, 3.8) is 0 Å². The molecule has 0 saturated carbocycles. The van der Waals surface area contributed by atoms with Crippen molar-refractivity contribution in [2.75, 3.05) is 13.7 Å². The van der Waals surface area contributed by atoms with E-state index in [0.29, 0.717) is 6.54 Å². The predicted molar refractivity (Wildman–Crippen MR) is 77.0 cm³/mol. The van der Waals surface area contributed by atoms with E-state index in [1.165, 1.54) is 12.7 Å². The molecule has 0 bridgehead atoms. The van der Waals surface area contributed by atoms with E-state index in [9.17, 15) is 4.79 Å². The molecule has 1 aliphatic rings. The van der Waals surface area contributed by atoms with E-state index in [0.717, 1.165) is 6.42 Å². The molecule has 18 heavy (non-hydrogen) atoms. The van der Waals surface area contributed by atoms with Crippen LogP contribution in [0.5, 0.6) is 0 Å². The maximum absolute atomic E-state index is 11.7. The Hall–Kier alpha value is -1.21. The molecule has 0 unspecified atom stereocenters. The molecular weight excluding hydrogens is 242 g/mol. The second-order valence-corrected chi connectivity index (χ2v) is 10.9. The molecule has 4 heteroatoms. The molecule has 1 aliphatic heterocycles. The molecule has 0 aromatic heterocycles. The van der Waals surface area contributed by atoms with Gasteiger partial charge in [0.15, 0.2) is 0 Å². The fourth-order valence-electron chi connectivity index (χ4n) is 2.01. The number of rotatable bonds is 0. The van der Waals surface area contributed by atoms with Crippen LogP contribution in [-0.2, 0) is 4.74 Å². The van der Waals surface area contributed by atoms with E-state index in [-0.39, 0.29) is 11.6 Å². The van der Waals surface area contributed by atoms with Crippen LogP contribution in [0.4, 0.5) is 4.79 Å². The number of allylic oxidation sites excluding steroid dienone is 1. The summed E-state index contributed by atoms with van der Waals surface area (Å²) >= 11 is 0. The molecule has 1 saturated heterocycles. The predicted octanol–water partition coefficient (Wildman–Crippen LogP) is 3.04. The number of hydrogen-bond donors (Lipinski definition) is 0. The van der Waals surface area contributed by atoms with Gasteiger partial charge in [-0.1, -0.05) is 25.6 Å². The van der Waals surface area contributed by atoms with Crippen molar-refractivity contribution in [1.82, 2.24) is 4.90 Å². The second-order valence-electron chi connectivity index (χ2n) is 6.12. The summed E-state index contributed by atoms with van der Waals surface area (Å²) in [4.78, 5) is 13.4. The van der Waals surface area contributed by atoms with Gasteiger partial charge in [-0.05, 0) is 31.9 Å². The summed E-state index contributed by atoms with van der Waals surface area (Å²) in [6.07, 6.45) is 2.60. The summed E-state index contributed by atoms with van der Waals surface area (Å²) in [7, 11) is 0.0896. The van der Waals surface area contributed by atoms with E-state index in [2.05, 4.69) is 31.1 Å². The first-order valence-electron chi connectivity index (χ1n) is 6.26. The smallest absolute Gasteiger partial charge is 0.410 e. The van der Waals surface area contributed by atoms with Crippen LogP contribution in [0.25, 0.3) is 0 Å². The van der Waals surface area contributed by atoms with Crippen molar-refractivity contribution in [2.45, 2.75) is 45.4 Å². The second kappa shape index (κ2) is 5.19. The lowest BCUT2D eigenvalue weighted by Gasteiger charge is -2.31. The van der Waals surface area contributed by atoms with Gasteiger partial charge in [0.25, 0.3) is 0 Å². The van der Waals surface area contributed by atoms with Crippen molar-refractivity contribution in [1.29, 1.82) is 0 Å². The Morgan fingerprint density at radius 2 is 2.06 bits per heavy atom. The number of carbonyl (C=O) groups excluding carboxylic acids is 1. The van der Waals surface area contributed by atoms with Crippen molar-refractivity contribution < 1.29 is 9.53 Å². The molecule has 0 aliphatic carbocycles. The third-order valence-electron chi connectivity index (χ3n) is 3.15. The largest absolute Gasteiger partial charge is 0.453 e. The minimum atomic E-state index is -1.33. The van der Waals surface area contributed by atoms with Gasteiger partial charge in [-0.25, -0.2) is 4.79 Å². The highest BCUT2D eigenvalue weighted by Crippen LogP contribution is 2.34. The minimum absolute atomic E-state index is 0.262. The summed E-state index contributed by atoms with van der Waals surface area (Å²) in [5.41, 5.74) is 4.24. The van der Waals surface area contributed by atoms with Gasteiger partial charge in [-0.3, -0.25) is 4.90 Å². The standard InChI is InChI=1S/C14H23NO2Si/c1-14(2)12(8-7-11-18(4,5)6)9-10-15(14)13(16)17-3/h8H,9-10H2,1-6H3/b12-8+. The van der Waals surface area contributed by atoms with Crippen LogP contribution >= 0.6 is 0 Å². The van der Waals surface area contributed by atoms with Crippen LogP contribution in [0.1, 0.15) is 20.3 Å².